The first-order valence-corrected chi connectivity index (χ1v) is 8.35. The second kappa shape index (κ2) is 7.34. The van der Waals surface area contributed by atoms with E-state index in [0.29, 0.717) is 23.4 Å². The predicted molar refractivity (Wildman–Crippen MR) is 90.8 cm³/mol. The number of hydrogen-bond donors (Lipinski definition) is 1. The number of anilines is 1. The van der Waals surface area contributed by atoms with Crippen molar-refractivity contribution in [1.29, 1.82) is 0 Å². The van der Waals surface area contributed by atoms with Gasteiger partial charge < -0.3 is 15.0 Å². The summed E-state index contributed by atoms with van der Waals surface area (Å²) < 4.78 is 5.30. The smallest absolute Gasteiger partial charge is 0.407 e. The van der Waals surface area contributed by atoms with Crippen LogP contribution in [0.4, 0.5) is 10.7 Å². The van der Waals surface area contributed by atoms with E-state index in [4.69, 9.17) is 16.3 Å². The molecular formula is C16H25ClN4O2. The van der Waals surface area contributed by atoms with Gasteiger partial charge >= 0.3 is 6.09 Å². The lowest BCUT2D eigenvalue weighted by atomic mass is 9.91. The largest absolute Gasteiger partial charge is 0.444 e. The number of carbonyl (C=O) groups excluding carboxylic acids is 1. The van der Waals surface area contributed by atoms with Gasteiger partial charge in [0.1, 0.15) is 5.60 Å². The quantitative estimate of drug-likeness (QED) is 0.914. The maximum atomic E-state index is 11.9. The lowest BCUT2D eigenvalue weighted by Crippen LogP contribution is -2.52. The first kappa shape index (κ1) is 17.8. The molecule has 0 radical (unpaired) electrons. The van der Waals surface area contributed by atoms with Crippen molar-refractivity contribution in [3.63, 3.8) is 0 Å². The van der Waals surface area contributed by atoms with Crippen LogP contribution in [0.3, 0.4) is 0 Å². The normalized spacial score (nSPS) is 21.9. The summed E-state index contributed by atoms with van der Waals surface area (Å²) in [7, 11) is 0. The molecule has 23 heavy (non-hydrogen) atoms. The van der Waals surface area contributed by atoms with Crippen LogP contribution in [0, 0.1) is 5.92 Å². The monoisotopic (exact) mass is 340 g/mol. The van der Waals surface area contributed by atoms with Gasteiger partial charge in [-0.1, -0.05) is 18.5 Å². The topological polar surface area (TPSA) is 67.4 Å². The van der Waals surface area contributed by atoms with Crippen LogP contribution >= 0.6 is 11.6 Å². The van der Waals surface area contributed by atoms with Crippen LogP contribution in [0.25, 0.3) is 0 Å². The molecule has 2 rings (SSSR count). The molecule has 1 N–H and O–H groups in total. The Labute approximate surface area is 142 Å². The lowest BCUT2D eigenvalue weighted by molar-refractivity contribution is 0.0519. The minimum atomic E-state index is -0.499. The molecule has 0 spiro atoms. The number of ether oxygens (including phenoxy) is 1. The number of hydrogen-bond acceptors (Lipinski definition) is 5. The average Bonchev–Trinajstić information content (AvgIpc) is 2.45. The van der Waals surface area contributed by atoms with E-state index in [1.54, 1.807) is 12.4 Å². The fraction of sp³-hybridized carbons (Fsp3) is 0.688. The van der Waals surface area contributed by atoms with Gasteiger partial charge in [-0.3, -0.25) is 0 Å². The highest BCUT2D eigenvalue weighted by Gasteiger charge is 2.31. The zero-order valence-corrected chi connectivity index (χ0v) is 14.9. The third kappa shape index (κ3) is 5.23. The molecule has 0 bridgehead atoms. The first-order valence-electron chi connectivity index (χ1n) is 7.97. The molecular weight excluding hydrogens is 316 g/mol. The molecule has 1 aliphatic heterocycles. The van der Waals surface area contributed by atoms with Crippen molar-refractivity contribution < 1.29 is 9.53 Å². The van der Waals surface area contributed by atoms with Gasteiger partial charge in [0, 0.05) is 13.1 Å². The summed E-state index contributed by atoms with van der Waals surface area (Å²) >= 11 is 5.86. The Morgan fingerprint density at radius 1 is 1.43 bits per heavy atom. The van der Waals surface area contributed by atoms with Crippen molar-refractivity contribution in [1.82, 2.24) is 15.3 Å². The van der Waals surface area contributed by atoms with Crippen molar-refractivity contribution in [2.24, 2.45) is 5.92 Å². The van der Waals surface area contributed by atoms with Gasteiger partial charge in [0.15, 0.2) is 0 Å². The molecule has 1 fully saturated rings. The second-order valence-corrected chi connectivity index (χ2v) is 7.40. The van der Waals surface area contributed by atoms with E-state index in [2.05, 4.69) is 27.1 Å². The summed E-state index contributed by atoms with van der Waals surface area (Å²) in [5.74, 6) is 1.08. The number of alkyl carbamates (subject to hydrolysis) is 1. The number of amides is 1. The number of piperidine rings is 1. The van der Waals surface area contributed by atoms with Gasteiger partial charge in [0.25, 0.3) is 0 Å². The van der Waals surface area contributed by atoms with Crippen molar-refractivity contribution in [2.75, 3.05) is 18.0 Å². The number of rotatable bonds is 3. The van der Waals surface area contributed by atoms with Gasteiger partial charge in [0.2, 0.25) is 5.95 Å². The molecule has 2 atom stereocenters. The Kier molecular flexibility index (Phi) is 5.68. The zero-order valence-electron chi connectivity index (χ0n) is 14.2. The van der Waals surface area contributed by atoms with Gasteiger partial charge in [-0.25, -0.2) is 14.8 Å². The van der Waals surface area contributed by atoms with Gasteiger partial charge in [-0.05, 0) is 39.5 Å². The summed E-state index contributed by atoms with van der Waals surface area (Å²) in [6, 6.07) is 0.137. The zero-order chi connectivity index (χ0) is 17.0. The van der Waals surface area contributed by atoms with E-state index in [9.17, 15) is 4.79 Å². The molecule has 2 heterocycles. The van der Waals surface area contributed by atoms with E-state index in [0.717, 1.165) is 19.4 Å². The number of nitrogens with one attached hydrogen (secondary N) is 1. The Morgan fingerprint density at radius 2 is 2.09 bits per heavy atom. The van der Waals surface area contributed by atoms with Crippen LogP contribution in [0.2, 0.25) is 5.02 Å². The Balaban J connectivity index is 2.03. The molecule has 2 unspecified atom stereocenters. The summed E-state index contributed by atoms with van der Waals surface area (Å²) in [5, 5.41) is 3.38. The van der Waals surface area contributed by atoms with E-state index < -0.39 is 11.7 Å². The van der Waals surface area contributed by atoms with Crippen LogP contribution in [-0.4, -0.2) is 40.8 Å². The molecule has 1 aliphatic rings. The van der Waals surface area contributed by atoms with Crippen LogP contribution in [-0.2, 0) is 4.74 Å². The first-order chi connectivity index (χ1) is 10.8. The standard InChI is InChI=1S/C16H25ClN4O2/c1-11-6-5-7-21(14-18-8-12(17)9-19-14)13(11)10-20-15(22)23-16(2,3)4/h8-9,11,13H,5-7,10H2,1-4H3,(H,20,22). The van der Waals surface area contributed by atoms with Crippen LogP contribution in [0.15, 0.2) is 12.4 Å². The minimum Gasteiger partial charge on any atom is -0.444 e. The predicted octanol–water partition coefficient (Wildman–Crippen LogP) is 3.26. The highest BCUT2D eigenvalue weighted by atomic mass is 35.5. The van der Waals surface area contributed by atoms with Crippen molar-refractivity contribution in [3.05, 3.63) is 17.4 Å². The van der Waals surface area contributed by atoms with Crippen molar-refractivity contribution in [2.45, 2.75) is 52.2 Å². The number of aromatic nitrogens is 2. The van der Waals surface area contributed by atoms with E-state index in [-0.39, 0.29) is 6.04 Å². The molecule has 6 nitrogen and oxygen atoms in total. The average molecular weight is 341 g/mol. The van der Waals surface area contributed by atoms with Crippen molar-refractivity contribution >= 4 is 23.6 Å². The van der Waals surface area contributed by atoms with Crippen molar-refractivity contribution in [3.8, 4) is 0 Å². The maximum Gasteiger partial charge on any atom is 0.407 e. The second-order valence-electron chi connectivity index (χ2n) is 6.96. The maximum absolute atomic E-state index is 11.9. The molecule has 1 saturated heterocycles. The Hall–Kier alpha value is -1.56. The van der Waals surface area contributed by atoms with Gasteiger partial charge in [0.05, 0.1) is 23.5 Å². The highest BCUT2D eigenvalue weighted by Crippen LogP contribution is 2.26. The fourth-order valence-electron chi connectivity index (χ4n) is 2.76. The number of nitrogens with zero attached hydrogens (tertiary/aromatic N) is 3. The van der Waals surface area contributed by atoms with Crippen LogP contribution < -0.4 is 10.2 Å². The van der Waals surface area contributed by atoms with Gasteiger partial charge in [-0.15, -0.1) is 0 Å². The summed E-state index contributed by atoms with van der Waals surface area (Å²) in [5.41, 5.74) is -0.499. The lowest BCUT2D eigenvalue weighted by Gasteiger charge is -2.40. The highest BCUT2D eigenvalue weighted by molar-refractivity contribution is 6.30. The molecule has 1 aromatic heterocycles. The molecule has 0 saturated carbocycles. The third-order valence-corrected chi connectivity index (χ3v) is 4.03. The number of carbonyl (C=O) groups is 1. The SMILES string of the molecule is CC1CCCN(c2ncc(Cl)cn2)C1CNC(=O)OC(C)(C)C. The summed E-state index contributed by atoms with van der Waals surface area (Å²) in [6.45, 7) is 9.11. The van der Waals surface area contributed by atoms with Crippen LogP contribution in [0.1, 0.15) is 40.5 Å². The fourth-order valence-corrected chi connectivity index (χ4v) is 2.86. The van der Waals surface area contributed by atoms with E-state index >= 15 is 0 Å². The molecule has 128 valence electrons. The molecule has 1 aromatic rings. The Bertz CT molecular complexity index is 530. The Morgan fingerprint density at radius 3 is 2.70 bits per heavy atom. The summed E-state index contributed by atoms with van der Waals surface area (Å²) in [6.07, 6.45) is 5.00. The van der Waals surface area contributed by atoms with E-state index in [1.165, 1.54) is 0 Å². The third-order valence-electron chi connectivity index (χ3n) is 3.83. The van der Waals surface area contributed by atoms with Gasteiger partial charge in [-0.2, -0.15) is 0 Å². The van der Waals surface area contributed by atoms with E-state index in [1.807, 2.05) is 20.8 Å². The molecule has 0 aliphatic carbocycles. The molecule has 7 heteroatoms. The number of halogens is 1. The molecule has 0 aromatic carbocycles. The molecule has 1 amide bonds. The summed E-state index contributed by atoms with van der Waals surface area (Å²) in [4.78, 5) is 22.7. The minimum absolute atomic E-state index is 0.137. The van der Waals surface area contributed by atoms with Crippen LogP contribution in [0.5, 0.6) is 0 Å².